The minimum atomic E-state index is -3.66. The number of amides is 1. The van der Waals surface area contributed by atoms with E-state index >= 15 is 0 Å². The van der Waals surface area contributed by atoms with Crippen LogP contribution in [0.1, 0.15) is 36.8 Å². The van der Waals surface area contributed by atoms with Gasteiger partial charge in [-0.2, -0.15) is 4.31 Å². The summed E-state index contributed by atoms with van der Waals surface area (Å²) in [6.07, 6.45) is 4.55. The number of nitrogens with one attached hydrogen (secondary N) is 1. The van der Waals surface area contributed by atoms with E-state index in [-0.39, 0.29) is 16.6 Å². The number of hydrogen-bond donors (Lipinski definition) is 1. The number of carbonyl (C=O) groups excluding carboxylic acids is 1. The zero-order chi connectivity index (χ0) is 24.8. The number of nitrogens with zero attached hydrogens (tertiary/aromatic N) is 2. The molecular weight excluding hydrogens is 482 g/mol. The Morgan fingerprint density at radius 2 is 1.69 bits per heavy atom. The lowest BCUT2D eigenvalue weighted by atomic mass is 10.2. The highest BCUT2D eigenvalue weighted by atomic mass is 32.2. The largest absolute Gasteiger partial charge is 0.379 e. The van der Waals surface area contributed by atoms with E-state index in [0.717, 1.165) is 47.6 Å². The zero-order valence-electron chi connectivity index (χ0n) is 20.6. The van der Waals surface area contributed by atoms with E-state index < -0.39 is 10.0 Å². The Morgan fingerprint density at radius 3 is 2.40 bits per heavy atom. The van der Waals surface area contributed by atoms with E-state index in [1.54, 1.807) is 12.1 Å². The summed E-state index contributed by atoms with van der Waals surface area (Å²) >= 11 is 1.50. The smallest absolute Gasteiger partial charge is 0.243 e. The number of hydrogen-bond acceptors (Lipinski definition) is 6. The molecule has 2 aromatic carbocycles. The Kier molecular flexibility index (Phi) is 8.75. The van der Waals surface area contributed by atoms with E-state index in [1.165, 1.54) is 28.9 Å². The maximum Gasteiger partial charge on any atom is 0.243 e. The second-order valence-corrected chi connectivity index (χ2v) is 12.2. The molecule has 2 aromatic rings. The Bertz CT molecular complexity index is 1140. The first-order valence-corrected chi connectivity index (χ1v) is 14.7. The molecule has 0 unspecified atom stereocenters. The molecular formula is C26H35N3O4S2. The molecule has 1 N–H and O–H groups in total. The van der Waals surface area contributed by atoms with Crippen LogP contribution in [-0.4, -0.2) is 63.8 Å². The van der Waals surface area contributed by atoms with Crippen LogP contribution >= 0.6 is 11.8 Å². The molecule has 4 rings (SSSR count). The minimum absolute atomic E-state index is 0.145. The zero-order valence-corrected chi connectivity index (χ0v) is 22.2. The fourth-order valence-corrected chi connectivity index (χ4v) is 6.85. The maximum atomic E-state index is 13.3. The van der Waals surface area contributed by atoms with Gasteiger partial charge in [-0.25, -0.2) is 8.42 Å². The molecule has 0 radical (unpaired) electrons. The lowest BCUT2D eigenvalue weighted by molar-refractivity contribution is -0.113. The number of morpholine rings is 1. The second-order valence-electron chi connectivity index (χ2n) is 9.20. The molecule has 7 nitrogen and oxygen atoms in total. The fraction of sp³-hybridized carbons (Fsp3) is 0.500. The van der Waals surface area contributed by atoms with Crippen LogP contribution < -0.4 is 10.2 Å². The SMILES string of the molecule is Cc1ccc(C)c(SCC(=O)Nc2cc(S(=O)(=O)N3CCOCC3)ccc2N2CCCCCC2)c1. The molecule has 2 saturated heterocycles. The summed E-state index contributed by atoms with van der Waals surface area (Å²) in [6.45, 7) is 7.34. The van der Waals surface area contributed by atoms with E-state index in [9.17, 15) is 13.2 Å². The molecule has 0 aromatic heterocycles. The van der Waals surface area contributed by atoms with Crippen LogP contribution in [0.15, 0.2) is 46.2 Å². The highest BCUT2D eigenvalue weighted by Gasteiger charge is 2.28. The van der Waals surface area contributed by atoms with Crippen molar-refractivity contribution in [3.63, 3.8) is 0 Å². The van der Waals surface area contributed by atoms with Crippen LogP contribution in [0.3, 0.4) is 0 Å². The molecule has 2 fully saturated rings. The Labute approximate surface area is 213 Å². The van der Waals surface area contributed by atoms with Crippen LogP contribution in [0.4, 0.5) is 11.4 Å². The van der Waals surface area contributed by atoms with Crippen LogP contribution in [0.5, 0.6) is 0 Å². The minimum Gasteiger partial charge on any atom is -0.379 e. The highest BCUT2D eigenvalue weighted by Crippen LogP contribution is 2.32. The van der Waals surface area contributed by atoms with Gasteiger partial charge >= 0.3 is 0 Å². The molecule has 2 aliphatic heterocycles. The third-order valence-corrected chi connectivity index (χ3v) is 9.55. The third kappa shape index (κ3) is 6.58. The van der Waals surface area contributed by atoms with Crippen LogP contribution in [0.25, 0.3) is 0 Å². The van der Waals surface area contributed by atoms with Crippen LogP contribution in [-0.2, 0) is 19.6 Å². The van der Waals surface area contributed by atoms with Gasteiger partial charge in [-0.3, -0.25) is 4.79 Å². The number of aryl methyl sites for hydroxylation is 2. The predicted molar refractivity (Wildman–Crippen MR) is 142 cm³/mol. The van der Waals surface area contributed by atoms with Gasteiger partial charge < -0.3 is 15.0 Å². The number of thioether (sulfide) groups is 1. The van der Waals surface area contributed by atoms with Gasteiger partial charge in [0.25, 0.3) is 0 Å². The summed E-state index contributed by atoms with van der Waals surface area (Å²) in [5.74, 6) is 0.109. The van der Waals surface area contributed by atoms with Crippen molar-refractivity contribution >= 4 is 39.1 Å². The average molecular weight is 518 g/mol. The predicted octanol–water partition coefficient (Wildman–Crippen LogP) is 4.44. The number of rotatable bonds is 7. The number of sulfonamides is 1. The average Bonchev–Trinajstić information content (AvgIpc) is 3.14. The molecule has 190 valence electrons. The topological polar surface area (TPSA) is 79.0 Å². The van der Waals surface area contributed by atoms with Crippen molar-refractivity contribution < 1.29 is 17.9 Å². The molecule has 0 aliphatic carbocycles. The summed E-state index contributed by atoms with van der Waals surface area (Å²) < 4.78 is 33.4. The van der Waals surface area contributed by atoms with Gasteiger partial charge in [0.2, 0.25) is 15.9 Å². The lowest BCUT2D eigenvalue weighted by Crippen LogP contribution is -2.40. The van der Waals surface area contributed by atoms with Gasteiger partial charge in [0.05, 0.1) is 35.2 Å². The fourth-order valence-electron chi connectivity index (χ4n) is 4.49. The second kappa shape index (κ2) is 11.8. The van der Waals surface area contributed by atoms with Gasteiger partial charge in [0.15, 0.2) is 0 Å². The first kappa shape index (κ1) is 26.0. The van der Waals surface area contributed by atoms with Gasteiger partial charge in [0, 0.05) is 31.1 Å². The van der Waals surface area contributed by atoms with E-state index in [0.29, 0.717) is 32.0 Å². The highest BCUT2D eigenvalue weighted by molar-refractivity contribution is 8.00. The molecule has 2 heterocycles. The molecule has 1 amide bonds. The third-order valence-electron chi connectivity index (χ3n) is 6.50. The van der Waals surface area contributed by atoms with Crippen molar-refractivity contribution in [1.82, 2.24) is 4.31 Å². The quantitative estimate of drug-likeness (QED) is 0.547. The van der Waals surface area contributed by atoms with E-state index in [4.69, 9.17) is 4.74 Å². The standard InChI is InChI=1S/C26H35N3O4S2/c1-20-7-8-21(2)25(17-20)34-19-26(30)27-23-18-22(35(31,32)29-13-15-33-16-14-29)9-10-24(23)28-11-5-3-4-6-12-28/h7-10,17-18H,3-6,11-16,19H2,1-2H3,(H,27,30). The van der Waals surface area contributed by atoms with Crippen molar-refractivity contribution in [3.05, 3.63) is 47.5 Å². The molecule has 0 bridgehead atoms. The Morgan fingerprint density at radius 1 is 0.971 bits per heavy atom. The van der Waals surface area contributed by atoms with Gasteiger partial charge in [-0.15, -0.1) is 11.8 Å². The van der Waals surface area contributed by atoms with Crippen molar-refractivity contribution in [3.8, 4) is 0 Å². The van der Waals surface area contributed by atoms with E-state index in [2.05, 4.69) is 28.4 Å². The van der Waals surface area contributed by atoms with Crippen molar-refractivity contribution in [1.29, 1.82) is 0 Å². The molecule has 9 heteroatoms. The number of ether oxygens (including phenoxy) is 1. The van der Waals surface area contributed by atoms with Gasteiger partial charge in [0.1, 0.15) is 0 Å². The van der Waals surface area contributed by atoms with Gasteiger partial charge in [-0.1, -0.05) is 30.5 Å². The Balaban J connectivity index is 1.58. The number of anilines is 2. The monoisotopic (exact) mass is 517 g/mol. The normalized spacial score (nSPS) is 17.7. The number of benzene rings is 2. The summed E-state index contributed by atoms with van der Waals surface area (Å²) in [5.41, 5.74) is 3.74. The summed E-state index contributed by atoms with van der Waals surface area (Å²) in [4.78, 5) is 16.6. The molecule has 0 atom stereocenters. The Hall–Kier alpha value is -2.07. The lowest BCUT2D eigenvalue weighted by Gasteiger charge is -2.28. The summed E-state index contributed by atoms with van der Waals surface area (Å²) in [5, 5.41) is 3.04. The molecule has 0 saturated carbocycles. The number of carbonyl (C=O) groups is 1. The maximum absolute atomic E-state index is 13.3. The van der Waals surface area contributed by atoms with Crippen molar-refractivity contribution in [2.75, 3.05) is 55.4 Å². The summed E-state index contributed by atoms with van der Waals surface area (Å²) in [6, 6.07) is 11.4. The molecule has 0 spiro atoms. The summed E-state index contributed by atoms with van der Waals surface area (Å²) in [7, 11) is -3.66. The van der Waals surface area contributed by atoms with E-state index in [1.807, 2.05) is 19.9 Å². The van der Waals surface area contributed by atoms with Crippen molar-refractivity contribution in [2.45, 2.75) is 49.3 Å². The molecule has 35 heavy (non-hydrogen) atoms. The van der Waals surface area contributed by atoms with Crippen LogP contribution in [0, 0.1) is 13.8 Å². The van der Waals surface area contributed by atoms with Gasteiger partial charge in [-0.05, 0) is 56.5 Å². The van der Waals surface area contributed by atoms with Crippen molar-refractivity contribution in [2.24, 2.45) is 0 Å². The first-order chi connectivity index (χ1) is 16.8. The first-order valence-electron chi connectivity index (χ1n) is 12.3. The van der Waals surface area contributed by atoms with Crippen LogP contribution in [0.2, 0.25) is 0 Å². The molecule has 2 aliphatic rings.